The summed E-state index contributed by atoms with van der Waals surface area (Å²) in [5.74, 6) is 0.722. The Balaban J connectivity index is 1.90. The summed E-state index contributed by atoms with van der Waals surface area (Å²) in [5, 5.41) is 3.48. The lowest BCUT2D eigenvalue weighted by molar-refractivity contribution is 0.410. The molecule has 1 N–H and O–H groups in total. The Morgan fingerprint density at radius 2 is 1.91 bits per heavy atom. The zero-order chi connectivity index (χ0) is 16.9. The van der Waals surface area contributed by atoms with Crippen molar-refractivity contribution in [1.82, 2.24) is 9.62 Å². The summed E-state index contributed by atoms with van der Waals surface area (Å²) >= 11 is 0. The van der Waals surface area contributed by atoms with Crippen LogP contribution in [0.4, 0.5) is 0 Å². The van der Waals surface area contributed by atoms with Gasteiger partial charge in [-0.3, -0.25) is 0 Å². The first-order valence-corrected chi connectivity index (χ1v) is 9.78. The quantitative estimate of drug-likeness (QED) is 0.778. The first kappa shape index (κ1) is 18.2. The Bertz CT molecular complexity index is 621. The molecule has 1 unspecified atom stereocenters. The van der Waals surface area contributed by atoms with Gasteiger partial charge in [-0.1, -0.05) is 24.3 Å². The van der Waals surface area contributed by atoms with Crippen LogP contribution < -0.4 is 5.32 Å². The van der Waals surface area contributed by atoms with Crippen LogP contribution in [0, 0.1) is 5.92 Å². The summed E-state index contributed by atoms with van der Waals surface area (Å²) in [7, 11) is -1.77. The molecule has 0 aliphatic heterocycles. The molecule has 1 aliphatic carbocycles. The minimum absolute atomic E-state index is 0.0501. The number of allylic oxidation sites excluding steroid dienone is 2. The van der Waals surface area contributed by atoms with Crippen molar-refractivity contribution >= 4 is 10.0 Å². The second kappa shape index (κ2) is 8.08. The lowest BCUT2D eigenvalue weighted by Gasteiger charge is -2.21. The average molecular weight is 337 g/mol. The van der Waals surface area contributed by atoms with E-state index < -0.39 is 10.0 Å². The summed E-state index contributed by atoms with van der Waals surface area (Å²) in [6.07, 6.45) is 8.11. The SMILES string of the molecule is CC(C)N(C)S(=O)(=O)c1ccc(CNCC2CC=CCC2)cc1. The van der Waals surface area contributed by atoms with Crippen LogP contribution in [0.1, 0.15) is 38.7 Å². The Morgan fingerprint density at radius 3 is 2.48 bits per heavy atom. The number of hydrogen-bond donors (Lipinski definition) is 1. The molecule has 128 valence electrons. The maximum absolute atomic E-state index is 12.4. The highest BCUT2D eigenvalue weighted by molar-refractivity contribution is 7.89. The van der Waals surface area contributed by atoms with Crippen molar-refractivity contribution in [2.45, 2.75) is 50.6 Å². The van der Waals surface area contributed by atoms with Crippen molar-refractivity contribution < 1.29 is 8.42 Å². The third-order valence-electron chi connectivity index (χ3n) is 4.47. The Morgan fingerprint density at radius 1 is 1.22 bits per heavy atom. The minimum atomic E-state index is -3.39. The molecule has 5 heteroatoms. The summed E-state index contributed by atoms with van der Waals surface area (Å²) in [4.78, 5) is 0.356. The maximum Gasteiger partial charge on any atom is 0.243 e. The van der Waals surface area contributed by atoms with Gasteiger partial charge in [0.15, 0.2) is 0 Å². The van der Waals surface area contributed by atoms with Gasteiger partial charge in [0.2, 0.25) is 10.0 Å². The third kappa shape index (κ3) is 4.90. The van der Waals surface area contributed by atoms with Crippen molar-refractivity contribution in [1.29, 1.82) is 0 Å². The van der Waals surface area contributed by atoms with Crippen LogP contribution in [0.5, 0.6) is 0 Å². The predicted octanol–water partition coefficient (Wildman–Crippen LogP) is 3.16. The first-order chi connectivity index (χ1) is 10.9. The van der Waals surface area contributed by atoms with Crippen molar-refractivity contribution in [2.24, 2.45) is 5.92 Å². The van der Waals surface area contributed by atoms with Crippen LogP contribution in [-0.2, 0) is 16.6 Å². The largest absolute Gasteiger partial charge is 0.312 e. The number of nitrogens with one attached hydrogen (secondary N) is 1. The Kier molecular flexibility index (Phi) is 6.39. The van der Waals surface area contributed by atoms with Gasteiger partial charge in [0.1, 0.15) is 0 Å². The maximum atomic E-state index is 12.4. The molecule has 0 fully saturated rings. The third-order valence-corrected chi connectivity index (χ3v) is 6.52. The van der Waals surface area contributed by atoms with E-state index in [1.165, 1.54) is 17.1 Å². The number of sulfonamides is 1. The van der Waals surface area contributed by atoms with Gasteiger partial charge in [-0.15, -0.1) is 0 Å². The molecule has 1 aromatic carbocycles. The molecule has 1 atom stereocenters. The van der Waals surface area contributed by atoms with E-state index in [0.29, 0.717) is 4.90 Å². The fourth-order valence-electron chi connectivity index (χ4n) is 2.69. The van der Waals surface area contributed by atoms with Gasteiger partial charge in [0, 0.05) is 19.6 Å². The molecule has 0 radical (unpaired) electrons. The van der Waals surface area contributed by atoms with E-state index in [9.17, 15) is 8.42 Å². The molecule has 0 amide bonds. The first-order valence-electron chi connectivity index (χ1n) is 8.34. The topological polar surface area (TPSA) is 49.4 Å². The van der Waals surface area contributed by atoms with Gasteiger partial charge < -0.3 is 5.32 Å². The number of rotatable bonds is 7. The monoisotopic (exact) mass is 336 g/mol. The van der Waals surface area contributed by atoms with Gasteiger partial charge in [-0.05, 0) is 63.3 Å². The van der Waals surface area contributed by atoms with E-state index in [0.717, 1.165) is 31.0 Å². The zero-order valence-corrected chi connectivity index (χ0v) is 15.1. The van der Waals surface area contributed by atoms with Gasteiger partial charge >= 0.3 is 0 Å². The Labute approximate surface area is 140 Å². The highest BCUT2D eigenvalue weighted by atomic mass is 32.2. The summed E-state index contributed by atoms with van der Waals surface area (Å²) in [6, 6.07) is 7.15. The predicted molar refractivity (Wildman–Crippen MR) is 94.7 cm³/mol. The molecule has 0 spiro atoms. The highest BCUT2D eigenvalue weighted by Crippen LogP contribution is 2.18. The van der Waals surface area contributed by atoms with E-state index in [4.69, 9.17) is 0 Å². The number of nitrogens with zero attached hydrogens (tertiary/aromatic N) is 1. The van der Waals surface area contributed by atoms with Crippen molar-refractivity contribution in [3.05, 3.63) is 42.0 Å². The molecular formula is C18H28N2O2S. The summed E-state index contributed by atoms with van der Waals surface area (Å²) < 4.78 is 26.2. The average Bonchev–Trinajstić information content (AvgIpc) is 2.55. The second-order valence-electron chi connectivity index (χ2n) is 6.54. The fourth-order valence-corrected chi connectivity index (χ4v) is 4.05. The van der Waals surface area contributed by atoms with E-state index in [2.05, 4.69) is 17.5 Å². The van der Waals surface area contributed by atoms with Crippen LogP contribution in [0.3, 0.4) is 0 Å². The minimum Gasteiger partial charge on any atom is -0.312 e. The highest BCUT2D eigenvalue weighted by Gasteiger charge is 2.22. The van der Waals surface area contributed by atoms with Crippen molar-refractivity contribution in [3.63, 3.8) is 0 Å². The molecule has 1 aliphatic rings. The molecule has 0 saturated heterocycles. The zero-order valence-electron chi connectivity index (χ0n) is 14.3. The molecule has 0 heterocycles. The molecule has 4 nitrogen and oxygen atoms in total. The van der Waals surface area contributed by atoms with Crippen LogP contribution in [0.25, 0.3) is 0 Å². The fraction of sp³-hybridized carbons (Fsp3) is 0.556. The molecule has 0 saturated carbocycles. The van der Waals surface area contributed by atoms with Gasteiger partial charge in [-0.2, -0.15) is 4.31 Å². The lowest BCUT2D eigenvalue weighted by Crippen LogP contribution is -2.33. The van der Waals surface area contributed by atoms with Crippen LogP contribution >= 0.6 is 0 Å². The number of hydrogen-bond acceptors (Lipinski definition) is 3. The van der Waals surface area contributed by atoms with Gasteiger partial charge in [-0.25, -0.2) is 8.42 Å². The smallest absolute Gasteiger partial charge is 0.243 e. The van der Waals surface area contributed by atoms with Crippen molar-refractivity contribution in [3.8, 4) is 0 Å². The van der Waals surface area contributed by atoms with Crippen LogP contribution in [0.15, 0.2) is 41.3 Å². The van der Waals surface area contributed by atoms with Gasteiger partial charge in [0.05, 0.1) is 4.90 Å². The van der Waals surface area contributed by atoms with E-state index in [1.807, 2.05) is 26.0 Å². The van der Waals surface area contributed by atoms with E-state index in [1.54, 1.807) is 19.2 Å². The molecular weight excluding hydrogens is 308 g/mol. The van der Waals surface area contributed by atoms with Crippen LogP contribution in [0.2, 0.25) is 0 Å². The van der Waals surface area contributed by atoms with Gasteiger partial charge in [0.25, 0.3) is 0 Å². The standard InChI is InChI=1S/C18H28N2O2S/c1-15(2)20(3)23(21,22)18-11-9-17(10-12-18)14-19-13-16-7-5-4-6-8-16/h4-5,9-12,15-16,19H,6-8,13-14H2,1-3H3. The molecule has 0 aromatic heterocycles. The van der Waals surface area contributed by atoms with E-state index in [-0.39, 0.29) is 6.04 Å². The molecule has 2 rings (SSSR count). The normalized spacial score (nSPS) is 18.7. The van der Waals surface area contributed by atoms with Crippen molar-refractivity contribution in [2.75, 3.05) is 13.6 Å². The molecule has 23 heavy (non-hydrogen) atoms. The summed E-state index contributed by atoms with van der Waals surface area (Å²) in [5.41, 5.74) is 1.11. The molecule has 0 bridgehead atoms. The molecule has 1 aromatic rings. The lowest BCUT2D eigenvalue weighted by atomic mass is 9.94. The second-order valence-corrected chi connectivity index (χ2v) is 8.54. The number of benzene rings is 1. The van der Waals surface area contributed by atoms with Crippen LogP contribution in [-0.4, -0.2) is 32.4 Å². The summed E-state index contributed by atoms with van der Waals surface area (Å²) in [6.45, 7) is 5.54. The Hall–Kier alpha value is -1.17. The van der Waals surface area contributed by atoms with E-state index >= 15 is 0 Å².